The number of hydrogen-bond acceptors (Lipinski definition) is 5. The van der Waals surface area contributed by atoms with Crippen molar-refractivity contribution >= 4 is 0 Å². The highest BCUT2D eigenvalue weighted by atomic mass is 16.5. The number of nitrogens with two attached hydrogens (primary N) is 1. The third-order valence-electron chi connectivity index (χ3n) is 3.09. The van der Waals surface area contributed by atoms with Gasteiger partial charge in [0.2, 0.25) is 11.7 Å². The van der Waals surface area contributed by atoms with Crippen molar-refractivity contribution in [1.29, 1.82) is 0 Å². The lowest BCUT2D eigenvalue weighted by Gasteiger charge is -2.00. The van der Waals surface area contributed by atoms with Gasteiger partial charge < -0.3 is 10.3 Å². The molecule has 0 bridgehead atoms. The Morgan fingerprint density at radius 3 is 2.95 bits per heavy atom. The molecule has 0 spiro atoms. The largest absolute Gasteiger partial charge is 0.339 e. The van der Waals surface area contributed by atoms with Crippen molar-refractivity contribution in [3.8, 4) is 11.4 Å². The van der Waals surface area contributed by atoms with Crippen molar-refractivity contribution in [2.45, 2.75) is 39.0 Å². The molecule has 2 heterocycles. The summed E-state index contributed by atoms with van der Waals surface area (Å²) in [6, 6.07) is 1.93. The molecule has 5 nitrogen and oxygen atoms in total. The van der Waals surface area contributed by atoms with Crippen LogP contribution in [-0.2, 0) is 12.8 Å². The standard InChI is InChI=1S/C14H20N4O/c1-2-11-10-16-9-7-12(11)14-17-13(19-18-14)6-4-3-5-8-15/h7,9-10H,2-6,8,15H2,1H3. The Morgan fingerprint density at radius 2 is 2.16 bits per heavy atom. The number of rotatable bonds is 7. The van der Waals surface area contributed by atoms with Gasteiger partial charge in [-0.05, 0) is 37.4 Å². The molecule has 0 saturated carbocycles. The molecule has 2 rings (SSSR count). The van der Waals surface area contributed by atoms with Crippen LogP contribution in [0.2, 0.25) is 0 Å². The summed E-state index contributed by atoms with van der Waals surface area (Å²) in [6.45, 7) is 2.83. The fourth-order valence-corrected chi connectivity index (χ4v) is 1.99. The van der Waals surface area contributed by atoms with Crippen molar-refractivity contribution in [1.82, 2.24) is 15.1 Å². The van der Waals surface area contributed by atoms with Gasteiger partial charge in [0.25, 0.3) is 0 Å². The molecule has 0 aliphatic rings. The van der Waals surface area contributed by atoms with Gasteiger partial charge in [-0.15, -0.1) is 0 Å². The van der Waals surface area contributed by atoms with E-state index < -0.39 is 0 Å². The van der Waals surface area contributed by atoms with E-state index in [-0.39, 0.29) is 0 Å². The van der Waals surface area contributed by atoms with E-state index in [4.69, 9.17) is 10.3 Å². The van der Waals surface area contributed by atoms with Crippen LogP contribution >= 0.6 is 0 Å². The third kappa shape index (κ3) is 3.61. The second-order valence-electron chi connectivity index (χ2n) is 4.50. The molecule has 0 unspecified atom stereocenters. The minimum Gasteiger partial charge on any atom is -0.339 e. The molecule has 19 heavy (non-hydrogen) atoms. The normalized spacial score (nSPS) is 10.8. The van der Waals surface area contributed by atoms with Crippen LogP contribution in [0.15, 0.2) is 23.0 Å². The third-order valence-corrected chi connectivity index (χ3v) is 3.09. The fourth-order valence-electron chi connectivity index (χ4n) is 1.99. The number of hydrogen-bond donors (Lipinski definition) is 1. The Balaban J connectivity index is 2.04. The molecule has 0 amide bonds. The molecule has 2 aromatic heterocycles. The van der Waals surface area contributed by atoms with Gasteiger partial charge >= 0.3 is 0 Å². The first kappa shape index (κ1) is 13.7. The van der Waals surface area contributed by atoms with Gasteiger partial charge in [-0.3, -0.25) is 4.98 Å². The first-order valence-corrected chi connectivity index (χ1v) is 6.81. The highest BCUT2D eigenvalue weighted by molar-refractivity contribution is 5.58. The van der Waals surface area contributed by atoms with Crippen LogP contribution in [-0.4, -0.2) is 21.7 Å². The molecule has 0 atom stereocenters. The van der Waals surface area contributed by atoms with Gasteiger partial charge in [0.15, 0.2) is 0 Å². The molecule has 0 radical (unpaired) electrons. The van der Waals surface area contributed by atoms with E-state index in [0.29, 0.717) is 11.7 Å². The molecule has 2 N–H and O–H groups in total. The average molecular weight is 260 g/mol. The summed E-state index contributed by atoms with van der Waals surface area (Å²) in [5.74, 6) is 1.36. The Bertz CT molecular complexity index is 510. The summed E-state index contributed by atoms with van der Waals surface area (Å²) < 4.78 is 5.29. The topological polar surface area (TPSA) is 77.8 Å². The van der Waals surface area contributed by atoms with E-state index in [1.165, 1.54) is 0 Å². The lowest BCUT2D eigenvalue weighted by Crippen LogP contribution is -1.98. The Morgan fingerprint density at radius 1 is 1.26 bits per heavy atom. The molecule has 0 saturated heterocycles. The van der Waals surface area contributed by atoms with E-state index in [9.17, 15) is 0 Å². The second-order valence-corrected chi connectivity index (χ2v) is 4.50. The molecule has 0 aliphatic heterocycles. The maximum absolute atomic E-state index is 5.46. The quantitative estimate of drug-likeness (QED) is 0.773. The lowest BCUT2D eigenvalue weighted by atomic mass is 10.1. The Labute approximate surface area is 113 Å². The second kappa shape index (κ2) is 6.99. The smallest absolute Gasteiger partial charge is 0.226 e. The highest BCUT2D eigenvalue weighted by Gasteiger charge is 2.11. The number of nitrogens with zero attached hydrogens (tertiary/aromatic N) is 3. The highest BCUT2D eigenvalue weighted by Crippen LogP contribution is 2.20. The summed E-state index contributed by atoms with van der Waals surface area (Å²) in [7, 11) is 0. The number of unbranched alkanes of at least 4 members (excludes halogenated alkanes) is 2. The molecule has 0 aliphatic carbocycles. The number of aryl methyl sites for hydroxylation is 2. The van der Waals surface area contributed by atoms with Gasteiger partial charge in [-0.1, -0.05) is 18.5 Å². The van der Waals surface area contributed by atoms with E-state index in [1.807, 2.05) is 12.3 Å². The summed E-state index contributed by atoms with van der Waals surface area (Å²) >= 11 is 0. The van der Waals surface area contributed by atoms with E-state index in [0.717, 1.165) is 49.8 Å². The Hall–Kier alpha value is -1.75. The predicted molar refractivity (Wildman–Crippen MR) is 73.5 cm³/mol. The van der Waals surface area contributed by atoms with Gasteiger partial charge in [-0.2, -0.15) is 4.98 Å². The zero-order chi connectivity index (χ0) is 13.5. The summed E-state index contributed by atoms with van der Waals surface area (Å²) in [6.07, 6.45) is 8.52. The van der Waals surface area contributed by atoms with Crippen LogP contribution in [0.5, 0.6) is 0 Å². The first-order valence-electron chi connectivity index (χ1n) is 6.81. The van der Waals surface area contributed by atoms with Gasteiger partial charge in [0, 0.05) is 24.4 Å². The van der Waals surface area contributed by atoms with Crippen molar-refractivity contribution < 1.29 is 4.52 Å². The van der Waals surface area contributed by atoms with Gasteiger partial charge in [0.1, 0.15) is 0 Å². The zero-order valence-electron chi connectivity index (χ0n) is 11.3. The maximum Gasteiger partial charge on any atom is 0.226 e. The average Bonchev–Trinajstić information content (AvgIpc) is 2.92. The van der Waals surface area contributed by atoms with Gasteiger partial charge in [0.05, 0.1) is 0 Å². The van der Waals surface area contributed by atoms with Crippen LogP contribution < -0.4 is 5.73 Å². The number of pyridine rings is 1. The molecular weight excluding hydrogens is 240 g/mol. The minimum absolute atomic E-state index is 0.660. The minimum atomic E-state index is 0.660. The van der Waals surface area contributed by atoms with Crippen molar-refractivity contribution in [3.05, 3.63) is 29.9 Å². The molecular formula is C14H20N4O. The van der Waals surface area contributed by atoms with E-state index in [1.54, 1.807) is 6.20 Å². The fraction of sp³-hybridized carbons (Fsp3) is 0.500. The van der Waals surface area contributed by atoms with Crippen molar-refractivity contribution in [2.24, 2.45) is 5.73 Å². The maximum atomic E-state index is 5.46. The molecule has 102 valence electrons. The summed E-state index contributed by atoms with van der Waals surface area (Å²) in [5, 5.41) is 4.06. The van der Waals surface area contributed by atoms with Gasteiger partial charge in [-0.25, -0.2) is 0 Å². The van der Waals surface area contributed by atoms with Crippen molar-refractivity contribution in [2.75, 3.05) is 6.54 Å². The zero-order valence-corrected chi connectivity index (χ0v) is 11.3. The lowest BCUT2D eigenvalue weighted by molar-refractivity contribution is 0.374. The van der Waals surface area contributed by atoms with Crippen LogP contribution in [0.1, 0.15) is 37.6 Å². The van der Waals surface area contributed by atoms with Crippen LogP contribution in [0, 0.1) is 0 Å². The van der Waals surface area contributed by atoms with E-state index >= 15 is 0 Å². The van der Waals surface area contributed by atoms with Crippen LogP contribution in [0.25, 0.3) is 11.4 Å². The van der Waals surface area contributed by atoms with Crippen LogP contribution in [0.3, 0.4) is 0 Å². The Kier molecular flexibility index (Phi) is 5.03. The monoisotopic (exact) mass is 260 g/mol. The van der Waals surface area contributed by atoms with E-state index in [2.05, 4.69) is 22.0 Å². The molecule has 0 aromatic carbocycles. The molecule has 2 aromatic rings. The first-order chi connectivity index (χ1) is 9.35. The van der Waals surface area contributed by atoms with Crippen LogP contribution in [0.4, 0.5) is 0 Å². The molecule has 5 heteroatoms. The summed E-state index contributed by atoms with van der Waals surface area (Å²) in [4.78, 5) is 8.57. The summed E-state index contributed by atoms with van der Waals surface area (Å²) in [5.41, 5.74) is 7.61. The van der Waals surface area contributed by atoms with Crippen molar-refractivity contribution in [3.63, 3.8) is 0 Å². The molecule has 0 fully saturated rings. The predicted octanol–water partition coefficient (Wildman–Crippen LogP) is 2.37. The SMILES string of the molecule is CCc1cnccc1-c1noc(CCCCCN)n1. The number of aromatic nitrogens is 3.